The van der Waals surface area contributed by atoms with Crippen molar-refractivity contribution in [2.75, 3.05) is 5.32 Å². The van der Waals surface area contributed by atoms with Crippen LogP contribution in [0.3, 0.4) is 0 Å². The first-order chi connectivity index (χ1) is 12.1. The number of thiophene rings is 1. The Balaban J connectivity index is 1.89. The molecule has 0 bridgehead atoms. The van der Waals surface area contributed by atoms with Crippen molar-refractivity contribution < 1.29 is 5.11 Å². The number of fused-ring (bicyclic) bond motifs is 1. The van der Waals surface area contributed by atoms with Crippen LogP contribution in [0.25, 0.3) is 21.3 Å². The number of aromatic hydroxyl groups is 1. The smallest absolute Gasteiger partial charge is 0.225 e. The lowest BCUT2D eigenvalue weighted by Gasteiger charge is -2.10. The molecule has 0 unspecified atom stereocenters. The van der Waals surface area contributed by atoms with Gasteiger partial charge in [-0.05, 0) is 41.4 Å². The normalized spacial score (nSPS) is 11.0. The molecule has 25 heavy (non-hydrogen) atoms. The molecule has 2 aromatic carbocycles. The molecule has 0 amide bonds. The van der Waals surface area contributed by atoms with Crippen LogP contribution in [0.5, 0.6) is 5.75 Å². The zero-order valence-corrected chi connectivity index (χ0v) is 15.0. The Morgan fingerprint density at radius 2 is 1.72 bits per heavy atom. The highest BCUT2D eigenvalue weighted by molar-refractivity contribution is 7.17. The number of rotatable bonds is 3. The predicted octanol–water partition coefficient (Wildman–Crippen LogP) is 6.11. The van der Waals surface area contributed by atoms with Crippen molar-refractivity contribution >= 4 is 56.3 Å². The van der Waals surface area contributed by atoms with Gasteiger partial charge >= 0.3 is 0 Å². The number of para-hydroxylation sites is 2. The molecule has 0 atom stereocenters. The minimum Gasteiger partial charge on any atom is -0.506 e. The van der Waals surface area contributed by atoms with Gasteiger partial charge in [-0.1, -0.05) is 35.9 Å². The first-order valence-corrected chi connectivity index (χ1v) is 9.01. The molecule has 2 N–H and O–H groups in total. The number of anilines is 2. The molecular formula is C18H11Cl2N3OS. The Bertz CT molecular complexity index is 1060. The van der Waals surface area contributed by atoms with Crippen LogP contribution in [-0.2, 0) is 0 Å². The second kappa shape index (κ2) is 6.52. The van der Waals surface area contributed by atoms with Crippen molar-refractivity contribution in [3.8, 4) is 16.9 Å². The molecule has 124 valence electrons. The van der Waals surface area contributed by atoms with Gasteiger partial charge in [-0.2, -0.15) is 4.98 Å². The van der Waals surface area contributed by atoms with Gasteiger partial charge in [-0.15, -0.1) is 11.3 Å². The number of nitrogens with one attached hydrogen (secondary N) is 1. The lowest BCUT2D eigenvalue weighted by atomic mass is 10.1. The fourth-order valence-electron chi connectivity index (χ4n) is 2.56. The van der Waals surface area contributed by atoms with Crippen LogP contribution in [-0.4, -0.2) is 15.1 Å². The highest BCUT2D eigenvalue weighted by Gasteiger charge is 2.16. The predicted molar refractivity (Wildman–Crippen MR) is 104 cm³/mol. The summed E-state index contributed by atoms with van der Waals surface area (Å²) in [6, 6.07) is 14.5. The molecule has 2 heterocycles. The van der Waals surface area contributed by atoms with Gasteiger partial charge in [-0.3, -0.25) is 0 Å². The van der Waals surface area contributed by atoms with Crippen molar-refractivity contribution in [3.63, 3.8) is 0 Å². The number of phenolic OH excluding ortho intramolecular Hbond substituents is 1. The van der Waals surface area contributed by atoms with Gasteiger partial charge in [0.25, 0.3) is 0 Å². The third kappa shape index (κ3) is 3.14. The van der Waals surface area contributed by atoms with Gasteiger partial charge in [0.05, 0.1) is 11.1 Å². The van der Waals surface area contributed by atoms with Crippen molar-refractivity contribution in [2.24, 2.45) is 0 Å². The van der Waals surface area contributed by atoms with E-state index in [0.717, 1.165) is 21.3 Å². The Hall–Kier alpha value is -2.34. The summed E-state index contributed by atoms with van der Waals surface area (Å²) in [6.45, 7) is 0. The molecule has 0 aliphatic carbocycles. The fraction of sp³-hybridized carbons (Fsp3) is 0. The molecule has 0 radical (unpaired) electrons. The molecule has 0 saturated carbocycles. The maximum Gasteiger partial charge on any atom is 0.225 e. The molecule has 4 aromatic rings. The monoisotopic (exact) mass is 387 g/mol. The topological polar surface area (TPSA) is 58.0 Å². The van der Waals surface area contributed by atoms with Gasteiger partial charge in [0.2, 0.25) is 5.28 Å². The van der Waals surface area contributed by atoms with E-state index >= 15 is 0 Å². The summed E-state index contributed by atoms with van der Waals surface area (Å²) < 4.78 is 0. The van der Waals surface area contributed by atoms with Crippen LogP contribution in [0, 0.1) is 0 Å². The number of aromatic nitrogens is 2. The molecule has 4 rings (SSSR count). The summed E-state index contributed by atoms with van der Waals surface area (Å²) in [5.41, 5.74) is 2.53. The Morgan fingerprint density at radius 1 is 0.960 bits per heavy atom. The van der Waals surface area contributed by atoms with Crippen LogP contribution >= 0.6 is 34.5 Å². The van der Waals surface area contributed by atoms with Crippen molar-refractivity contribution in [1.29, 1.82) is 0 Å². The molecule has 0 fully saturated rings. The SMILES string of the molecule is Oc1ccccc1Nc1nc(Cl)nc2scc(-c3ccc(Cl)cc3)c12. The van der Waals surface area contributed by atoms with Gasteiger partial charge in [0, 0.05) is 16.0 Å². The van der Waals surface area contributed by atoms with Crippen molar-refractivity contribution in [1.82, 2.24) is 9.97 Å². The number of phenols is 1. The summed E-state index contributed by atoms with van der Waals surface area (Å²) >= 11 is 13.5. The molecule has 4 nitrogen and oxygen atoms in total. The van der Waals surface area contributed by atoms with E-state index in [1.165, 1.54) is 11.3 Å². The largest absolute Gasteiger partial charge is 0.506 e. The van der Waals surface area contributed by atoms with E-state index in [0.29, 0.717) is 16.5 Å². The highest BCUT2D eigenvalue weighted by Crippen LogP contribution is 2.39. The summed E-state index contributed by atoms with van der Waals surface area (Å²) in [6.07, 6.45) is 0. The zero-order valence-electron chi connectivity index (χ0n) is 12.7. The van der Waals surface area contributed by atoms with Gasteiger partial charge in [0.1, 0.15) is 16.4 Å². The van der Waals surface area contributed by atoms with Crippen LogP contribution in [0.4, 0.5) is 11.5 Å². The number of hydrogen-bond donors (Lipinski definition) is 2. The number of benzene rings is 2. The average Bonchev–Trinajstić information content (AvgIpc) is 3.01. The quantitative estimate of drug-likeness (QED) is 0.328. The van der Waals surface area contributed by atoms with Crippen molar-refractivity contribution in [3.05, 3.63) is 64.2 Å². The van der Waals surface area contributed by atoms with Gasteiger partial charge < -0.3 is 10.4 Å². The summed E-state index contributed by atoms with van der Waals surface area (Å²) in [4.78, 5) is 9.40. The Labute approximate surface area is 157 Å². The van der Waals surface area contributed by atoms with E-state index in [9.17, 15) is 5.11 Å². The number of nitrogens with zero attached hydrogens (tertiary/aromatic N) is 2. The second-order valence-corrected chi connectivity index (χ2v) is 6.95. The fourth-order valence-corrected chi connectivity index (χ4v) is 3.85. The second-order valence-electron chi connectivity index (χ2n) is 5.32. The summed E-state index contributed by atoms with van der Waals surface area (Å²) in [5, 5.41) is 16.9. The van der Waals surface area contributed by atoms with Crippen LogP contribution in [0.1, 0.15) is 0 Å². The zero-order chi connectivity index (χ0) is 17.4. The highest BCUT2D eigenvalue weighted by atomic mass is 35.5. The molecule has 2 aromatic heterocycles. The van der Waals surface area contributed by atoms with Crippen LogP contribution < -0.4 is 5.32 Å². The van der Waals surface area contributed by atoms with Crippen molar-refractivity contribution in [2.45, 2.75) is 0 Å². The summed E-state index contributed by atoms with van der Waals surface area (Å²) in [7, 11) is 0. The molecule has 0 aliphatic heterocycles. The van der Waals surface area contributed by atoms with E-state index in [4.69, 9.17) is 23.2 Å². The third-order valence-electron chi connectivity index (χ3n) is 3.72. The summed E-state index contributed by atoms with van der Waals surface area (Å²) in [5.74, 6) is 0.677. The van der Waals surface area contributed by atoms with Crippen LogP contribution in [0.2, 0.25) is 10.3 Å². The standard InChI is InChI=1S/C18H11Cl2N3OS/c19-11-7-5-10(6-8-11)12-9-25-17-15(12)16(22-18(20)23-17)21-13-3-1-2-4-14(13)24/h1-9,24H,(H,21,22,23). The average molecular weight is 388 g/mol. The minimum atomic E-state index is 0.133. The molecule has 0 saturated heterocycles. The molecule has 0 aliphatic rings. The van der Waals surface area contributed by atoms with Crippen LogP contribution in [0.15, 0.2) is 53.9 Å². The Kier molecular flexibility index (Phi) is 4.21. The van der Waals surface area contributed by atoms with E-state index in [1.807, 2.05) is 35.7 Å². The first-order valence-electron chi connectivity index (χ1n) is 7.37. The third-order valence-corrected chi connectivity index (χ3v) is 5.01. The van der Waals surface area contributed by atoms with Gasteiger partial charge in [-0.25, -0.2) is 4.98 Å². The lowest BCUT2D eigenvalue weighted by molar-refractivity contribution is 0.478. The van der Waals surface area contributed by atoms with Gasteiger partial charge in [0.15, 0.2) is 0 Å². The Morgan fingerprint density at radius 3 is 2.48 bits per heavy atom. The molecule has 7 heteroatoms. The maximum atomic E-state index is 10.0. The minimum absolute atomic E-state index is 0.133. The number of halogens is 2. The number of hydrogen-bond acceptors (Lipinski definition) is 5. The molecular weight excluding hydrogens is 377 g/mol. The molecule has 0 spiro atoms. The van der Waals surface area contributed by atoms with E-state index < -0.39 is 0 Å². The van der Waals surface area contributed by atoms with E-state index in [-0.39, 0.29) is 11.0 Å². The van der Waals surface area contributed by atoms with E-state index in [1.54, 1.807) is 18.2 Å². The van der Waals surface area contributed by atoms with E-state index in [2.05, 4.69) is 15.3 Å². The lowest BCUT2D eigenvalue weighted by Crippen LogP contribution is -1.97. The maximum absolute atomic E-state index is 10.0. The first kappa shape index (κ1) is 16.1.